The molecule has 1 aliphatic rings. The molecule has 1 unspecified atom stereocenters. The molecule has 0 spiro atoms. The zero-order valence-electron chi connectivity index (χ0n) is 12.6. The molecule has 1 atom stereocenters. The number of aryl methyl sites for hydroxylation is 1. The highest BCUT2D eigenvalue weighted by atomic mass is 16.4. The van der Waals surface area contributed by atoms with Gasteiger partial charge in [0.05, 0.1) is 5.92 Å². The first kappa shape index (κ1) is 15.4. The molecule has 1 aliphatic heterocycles. The second-order valence-corrected chi connectivity index (χ2v) is 5.73. The molecule has 0 bridgehead atoms. The van der Waals surface area contributed by atoms with Gasteiger partial charge in [-0.3, -0.25) is 9.59 Å². The second kappa shape index (κ2) is 6.61. The Labute approximate surface area is 125 Å². The van der Waals surface area contributed by atoms with Crippen molar-refractivity contribution in [3.05, 3.63) is 29.8 Å². The van der Waals surface area contributed by atoms with Crippen molar-refractivity contribution in [2.24, 2.45) is 5.92 Å². The SMILES string of the molecule is CN(C)c1cccc(CCC(=O)N2CCC(C(=O)O)C2)c1. The Balaban J connectivity index is 1.87. The maximum absolute atomic E-state index is 12.1. The highest BCUT2D eigenvalue weighted by Crippen LogP contribution is 2.19. The number of carbonyl (C=O) groups excluding carboxylic acids is 1. The van der Waals surface area contributed by atoms with E-state index in [1.807, 2.05) is 37.2 Å². The van der Waals surface area contributed by atoms with Gasteiger partial charge in [0, 0.05) is 39.3 Å². The van der Waals surface area contributed by atoms with Gasteiger partial charge in [0.1, 0.15) is 0 Å². The van der Waals surface area contributed by atoms with Crippen LogP contribution in [0.25, 0.3) is 0 Å². The van der Waals surface area contributed by atoms with Crippen LogP contribution in [0.4, 0.5) is 5.69 Å². The predicted molar refractivity (Wildman–Crippen MR) is 81.4 cm³/mol. The van der Waals surface area contributed by atoms with Crippen molar-refractivity contribution in [2.45, 2.75) is 19.3 Å². The van der Waals surface area contributed by atoms with Crippen LogP contribution in [-0.4, -0.2) is 49.1 Å². The van der Waals surface area contributed by atoms with Gasteiger partial charge < -0.3 is 14.9 Å². The van der Waals surface area contributed by atoms with E-state index < -0.39 is 11.9 Å². The van der Waals surface area contributed by atoms with Crippen molar-refractivity contribution < 1.29 is 14.7 Å². The Bertz CT molecular complexity index is 528. The number of rotatable bonds is 5. The van der Waals surface area contributed by atoms with Crippen molar-refractivity contribution in [1.29, 1.82) is 0 Å². The number of anilines is 1. The Morgan fingerprint density at radius 2 is 2.14 bits per heavy atom. The predicted octanol–water partition coefficient (Wildman–Crippen LogP) is 1.62. The molecule has 5 nitrogen and oxygen atoms in total. The fourth-order valence-electron chi connectivity index (χ4n) is 2.59. The number of benzene rings is 1. The summed E-state index contributed by atoms with van der Waals surface area (Å²) in [5.41, 5.74) is 2.25. The van der Waals surface area contributed by atoms with Gasteiger partial charge in [0.25, 0.3) is 0 Å². The zero-order chi connectivity index (χ0) is 15.4. The van der Waals surface area contributed by atoms with E-state index in [1.165, 1.54) is 0 Å². The lowest BCUT2D eigenvalue weighted by molar-refractivity contribution is -0.141. The quantitative estimate of drug-likeness (QED) is 0.895. The average Bonchev–Trinajstić information content (AvgIpc) is 2.95. The molecule has 0 aliphatic carbocycles. The molecular weight excluding hydrogens is 268 g/mol. The van der Waals surface area contributed by atoms with Crippen molar-refractivity contribution in [3.8, 4) is 0 Å². The highest BCUT2D eigenvalue weighted by molar-refractivity contribution is 5.79. The lowest BCUT2D eigenvalue weighted by atomic mass is 10.1. The maximum Gasteiger partial charge on any atom is 0.308 e. The monoisotopic (exact) mass is 290 g/mol. The van der Waals surface area contributed by atoms with E-state index >= 15 is 0 Å². The summed E-state index contributed by atoms with van der Waals surface area (Å²) in [4.78, 5) is 26.7. The van der Waals surface area contributed by atoms with Gasteiger partial charge in [-0.05, 0) is 30.5 Å². The van der Waals surface area contributed by atoms with Crippen LogP contribution in [0, 0.1) is 5.92 Å². The van der Waals surface area contributed by atoms with Crippen molar-refractivity contribution in [2.75, 3.05) is 32.1 Å². The summed E-state index contributed by atoms with van der Waals surface area (Å²) in [5.74, 6) is -1.15. The molecule has 0 radical (unpaired) electrons. The number of likely N-dealkylation sites (tertiary alicyclic amines) is 1. The third kappa shape index (κ3) is 3.97. The first-order chi connectivity index (χ1) is 9.97. The number of carboxylic acids is 1. The third-order valence-corrected chi connectivity index (χ3v) is 3.94. The molecule has 1 saturated heterocycles. The Morgan fingerprint density at radius 1 is 1.38 bits per heavy atom. The van der Waals surface area contributed by atoms with E-state index in [9.17, 15) is 9.59 Å². The summed E-state index contributed by atoms with van der Waals surface area (Å²) in [7, 11) is 3.97. The van der Waals surface area contributed by atoms with Gasteiger partial charge in [0.2, 0.25) is 5.91 Å². The normalized spacial score (nSPS) is 17.8. The van der Waals surface area contributed by atoms with Crippen LogP contribution in [0.1, 0.15) is 18.4 Å². The molecule has 0 saturated carbocycles. The molecule has 0 aromatic heterocycles. The summed E-state index contributed by atoms with van der Waals surface area (Å²) >= 11 is 0. The number of nitrogens with zero attached hydrogens (tertiary/aromatic N) is 2. The molecule has 1 N–H and O–H groups in total. The number of hydrogen-bond donors (Lipinski definition) is 1. The first-order valence-electron chi connectivity index (χ1n) is 7.24. The Morgan fingerprint density at radius 3 is 2.76 bits per heavy atom. The fourth-order valence-corrected chi connectivity index (χ4v) is 2.59. The molecular formula is C16H22N2O3. The lowest BCUT2D eigenvalue weighted by Crippen LogP contribution is -2.30. The third-order valence-electron chi connectivity index (χ3n) is 3.94. The fraction of sp³-hybridized carbons (Fsp3) is 0.500. The van der Waals surface area contributed by atoms with Crippen molar-refractivity contribution >= 4 is 17.6 Å². The Hall–Kier alpha value is -2.04. The average molecular weight is 290 g/mol. The topological polar surface area (TPSA) is 60.9 Å². The summed E-state index contributed by atoms with van der Waals surface area (Å²) in [5, 5.41) is 8.96. The summed E-state index contributed by atoms with van der Waals surface area (Å²) in [6.45, 7) is 0.916. The van der Waals surface area contributed by atoms with Crippen LogP contribution in [-0.2, 0) is 16.0 Å². The molecule has 1 aromatic carbocycles. The van der Waals surface area contributed by atoms with E-state index in [0.717, 1.165) is 11.3 Å². The van der Waals surface area contributed by atoms with E-state index in [1.54, 1.807) is 4.90 Å². The molecule has 1 aromatic rings. The first-order valence-corrected chi connectivity index (χ1v) is 7.24. The minimum absolute atomic E-state index is 0.0500. The molecule has 114 valence electrons. The van der Waals surface area contributed by atoms with Gasteiger partial charge in [-0.1, -0.05) is 12.1 Å². The van der Waals surface area contributed by atoms with Crippen LogP contribution < -0.4 is 4.90 Å². The van der Waals surface area contributed by atoms with E-state index in [2.05, 4.69) is 6.07 Å². The van der Waals surface area contributed by atoms with Crippen molar-refractivity contribution in [1.82, 2.24) is 4.90 Å². The van der Waals surface area contributed by atoms with E-state index in [4.69, 9.17) is 5.11 Å². The van der Waals surface area contributed by atoms with Gasteiger partial charge in [0.15, 0.2) is 0 Å². The second-order valence-electron chi connectivity index (χ2n) is 5.73. The molecule has 1 amide bonds. The minimum Gasteiger partial charge on any atom is -0.481 e. The van der Waals surface area contributed by atoms with Crippen LogP contribution in [0.15, 0.2) is 24.3 Å². The number of carboxylic acid groups (broad SMARTS) is 1. The van der Waals surface area contributed by atoms with Gasteiger partial charge in [-0.2, -0.15) is 0 Å². The lowest BCUT2D eigenvalue weighted by Gasteiger charge is -2.16. The van der Waals surface area contributed by atoms with Gasteiger partial charge >= 0.3 is 5.97 Å². The number of hydrogen-bond acceptors (Lipinski definition) is 3. The van der Waals surface area contributed by atoms with Crippen LogP contribution in [0.3, 0.4) is 0 Å². The number of aliphatic carboxylic acids is 1. The zero-order valence-corrected chi connectivity index (χ0v) is 12.6. The molecule has 1 fully saturated rings. The standard InChI is InChI=1S/C16H22N2O3/c1-17(2)14-5-3-4-12(10-14)6-7-15(19)18-9-8-13(11-18)16(20)21/h3-5,10,13H,6-9,11H2,1-2H3,(H,20,21). The van der Waals surface area contributed by atoms with Gasteiger partial charge in [-0.25, -0.2) is 0 Å². The number of amides is 1. The van der Waals surface area contributed by atoms with Crippen LogP contribution in [0.2, 0.25) is 0 Å². The molecule has 2 rings (SSSR count). The number of carbonyl (C=O) groups is 2. The Kier molecular flexibility index (Phi) is 4.83. The highest BCUT2D eigenvalue weighted by Gasteiger charge is 2.30. The van der Waals surface area contributed by atoms with E-state index in [-0.39, 0.29) is 5.91 Å². The summed E-state index contributed by atoms with van der Waals surface area (Å²) < 4.78 is 0. The smallest absolute Gasteiger partial charge is 0.308 e. The molecule has 1 heterocycles. The maximum atomic E-state index is 12.1. The van der Waals surface area contributed by atoms with E-state index in [0.29, 0.717) is 32.4 Å². The van der Waals surface area contributed by atoms with Crippen LogP contribution >= 0.6 is 0 Å². The van der Waals surface area contributed by atoms with Gasteiger partial charge in [-0.15, -0.1) is 0 Å². The minimum atomic E-state index is -0.802. The largest absolute Gasteiger partial charge is 0.481 e. The summed E-state index contributed by atoms with van der Waals surface area (Å²) in [6.07, 6.45) is 1.69. The van der Waals surface area contributed by atoms with Crippen LogP contribution in [0.5, 0.6) is 0 Å². The molecule has 5 heteroatoms. The molecule has 21 heavy (non-hydrogen) atoms. The van der Waals surface area contributed by atoms with Crippen molar-refractivity contribution in [3.63, 3.8) is 0 Å². The summed E-state index contributed by atoms with van der Waals surface area (Å²) in [6, 6.07) is 8.12.